The average molecular weight is 727 g/mol. The van der Waals surface area contributed by atoms with Crippen molar-refractivity contribution in [1.82, 2.24) is 0 Å². The standard InChI is InChI=1S/C49H34F4N2/c1-49(2)41-20-12-11-19-39(41)40-28-27-38(30-42(40)49)54(34-15-5-3-6-16-34)36-24-22-32(23-25-36)43-44(50)46(52)48(47(53)45(43)51)55(35-17-7-4-8-18-35)37-26-21-31-13-9-10-14-33(31)29-37/h3-30H,1-2H3. The molecule has 0 N–H and O–H groups in total. The van der Waals surface area contributed by atoms with Crippen molar-refractivity contribution in [3.8, 4) is 22.3 Å². The Hall–Kier alpha value is -6.66. The zero-order valence-corrected chi connectivity index (χ0v) is 30.1. The van der Waals surface area contributed by atoms with Crippen LogP contribution in [0.3, 0.4) is 0 Å². The van der Waals surface area contributed by atoms with Crippen molar-refractivity contribution in [1.29, 1.82) is 0 Å². The number of rotatable bonds is 7. The number of nitrogens with zero attached hydrogens (tertiary/aromatic N) is 2. The Morgan fingerprint density at radius 2 is 0.873 bits per heavy atom. The quantitative estimate of drug-likeness (QED) is 0.119. The van der Waals surface area contributed by atoms with Gasteiger partial charge in [-0.05, 0) is 99.3 Å². The summed E-state index contributed by atoms with van der Waals surface area (Å²) in [4.78, 5) is 3.27. The van der Waals surface area contributed by atoms with Crippen LogP contribution in [0, 0.1) is 23.3 Å². The van der Waals surface area contributed by atoms with Gasteiger partial charge in [0.05, 0.1) is 5.56 Å². The van der Waals surface area contributed by atoms with E-state index in [2.05, 4.69) is 61.2 Å². The molecule has 0 saturated heterocycles. The number of halogens is 4. The van der Waals surface area contributed by atoms with Gasteiger partial charge in [-0.2, -0.15) is 0 Å². The summed E-state index contributed by atoms with van der Waals surface area (Å²) in [5, 5.41) is 1.71. The third-order valence-electron chi connectivity index (χ3n) is 10.7. The number of para-hydroxylation sites is 2. The smallest absolute Gasteiger partial charge is 0.186 e. The lowest BCUT2D eigenvalue weighted by molar-refractivity contribution is 0.461. The predicted octanol–water partition coefficient (Wildman–Crippen LogP) is 14.3. The lowest BCUT2D eigenvalue weighted by Crippen LogP contribution is -2.17. The third kappa shape index (κ3) is 5.64. The summed E-state index contributed by atoms with van der Waals surface area (Å²) in [6, 6.07) is 52.2. The van der Waals surface area contributed by atoms with E-state index in [1.165, 1.54) is 39.3 Å². The Morgan fingerprint density at radius 1 is 0.382 bits per heavy atom. The first-order valence-corrected chi connectivity index (χ1v) is 18.1. The zero-order chi connectivity index (χ0) is 37.8. The molecule has 1 aliphatic carbocycles. The van der Waals surface area contributed by atoms with Gasteiger partial charge in [-0.25, -0.2) is 17.6 Å². The van der Waals surface area contributed by atoms with E-state index in [-0.39, 0.29) is 11.0 Å². The SMILES string of the molecule is CC1(C)c2ccccc2-c2ccc(N(c3ccccc3)c3ccc(-c4c(F)c(F)c(N(c5ccccc5)c5ccc6ccccc6c5)c(F)c4F)cc3)cc21. The monoisotopic (exact) mass is 726 g/mol. The summed E-state index contributed by atoms with van der Waals surface area (Å²) < 4.78 is 65.5. The lowest BCUT2D eigenvalue weighted by Gasteiger charge is -2.28. The molecule has 9 rings (SSSR count). The molecule has 0 saturated carbocycles. The highest BCUT2D eigenvalue weighted by molar-refractivity contribution is 5.90. The average Bonchev–Trinajstić information content (AvgIpc) is 3.45. The van der Waals surface area contributed by atoms with Gasteiger partial charge in [0.15, 0.2) is 23.3 Å². The van der Waals surface area contributed by atoms with Crippen molar-refractivity contribution in [2.75, 3.05) is 9.80 Å². The number of hydrogen-bond donors (Lipinski definition) is 0. The fourth-order valence-corrected chi connectivity index (χ4v) is 8.00. The number of anilines is 6. The first-order chi connectivity index (χ1) is 26.7. The second-order valence-electron chi connectivity index (χ2n) is 14.3. The molecule has 8 aromatic carbocycles. The van der Waals surface area contributed by atoms with E-state index in [0.717, 1.165) is 22.1 Å². The molecule has 0 unspecified atom stereocenters. The van der Waals surface area contributed by atoms with Crippen molar-refractivity contribution >= 4 is 44.9 Å². The van der Waals surface area contributed by atoms with Crippen molar-refractivity contribution < 1.29 is 17.6 Å². The number of hydrogen-bond acceptors (Lipinski definition) is 2. The van der Waals surface area contributed by atoms with Gasteiger partial charge in [0, 0.05) is 33.9 Å². The van der Waals surface area contributed by atoms with Crippen molar-refractivity contribution in [2.24, 2.45) is 0 Å². The molecular formula is C49H34F4N2. The first-order valence-electron chi connectivity index (χ1n) is 18.1. The van der Waals surface area contributed by atoms with Gasteiger partial charge in [-0.1, -0.05) is 123 Å². The van der Waals surface area contributed by atoms with E-state index >= 15 is 17.6 Å². The Kier molecular flexibility index (Phi) is 8.27. The van der Waals surface area contributed by atoms with Gasteiger partial charge in [-0.3, -0.25) is 0 Å². The van der Waals surface area contributed by atoms with Gasteiger partial charge in [0.1, 0.15) is 5.69 Å². The van der Waals surface area contributed by atoms with Crippen LogP contribution in [-0.2, 0) is 5.41 Å². The molecular weight excluding hydrogens is 693 g/mol. The van der Waals surface area contributed by atoms with Gasteiger partial charge >= 0.3 is 0 Å². The first kappa shape index (κ1) is 34.1. The van der Waals surface area contributed by atoms with Crippen LogP contribution in [0.5, 0.6) is 0 Å². The van der Waals surface area contributed by atoms with Crippen molar-refractivity contribution in [3.63, 3.8) is 0 Å². The van der Waals surface area contributed by atoms with Crippen LogP contribution in [0.1, 0.15) is 25.0 Å². The van der Waals surface area contributed by atoms with E-state index in [0.29, 0.717) is 17.1 Å². The minimum atomic E-state index is -1.50. The minimum absolute atomic E-state index is 0.00128. The molecule has 0 spiro atoms. The van der Waals surface area contributed by atoms with Crippen molar-refractivity contribution in [3.05, 3.63) is 204 Å². The van der Waals surface area contributed by atoms with Gasteiger partial charge < -0.3 is 9.80 Å². The van der Waals surface area contributed by atoms with Crippen LogP contribution < -0.4 is 9.80 Å². The summed E-state index contributed by atoms with van der Waals surface area (Å²) in [6.45, 7) is 4.44. The summed E-state index contributed by atoms with van der Waals surface area (Å²) in [5.41, 5.74) is 6.15. The molecule has 0 fully saturated rings. The van der Waals surface area contributed by atoms with Gasteiger partial charge in [-0.15, -0.1) is 0 Å². The lowest BCUT2D eigenvalue weighted by atomic mass is 9.82. The van der Waals surface area contributed by atoms with E-state index in [1.807, 2.05) is 54.6 Å². The molecule has 0 amide bonds. The second-order valence-corrected chi connectivity index (χ2v) is 14.3. The fourth-order valence-electron chi connectivity index (χ4n) is 8.00. The van der Waals surface area contributed by atoms with E-state index in [1.54, 1.807) is 60.7 Å². The summed E-state index contributed by atoms with van der Waals surface area (Å²) >= 11 is 0. The zero-order valence-electron chi connectivity index (χ0n) is 30.1. The maximum absolute atomic E-state index is 16.4. The topological polar surface area (TPSA) is 6.48 Å². The Bertz CT molecular complexity index is 2700. The molecule has 2 nitrogen and oxygen atoms in total. The normalized spacial score (nSPS) is 12.7. The van der Waals surface area contributed by atoms with E-state index in [9.17, 15) is 0 Å². The molecule has 0 aliphatic heterocycles. The summed E-state index contributed by atoms with van der Waals surface area (Å²) in [7, 11) is 0. The van der Waals surface area contributed by atoms with Crippen molar-refractivity contribution in [2.45, 2.75) is 19.3 Å². The van der Waals surface area contributed by atoms with E-state index in [4.69, 9.17) is 0 Å². The van der Waals surface area contributed by atoms with Gasteiger partial charge in [0.25, 0.3) is 0 Å². The summed E-state index contributed by atoms with van der Waals surface area (Å²) in [6.07, 6.45) is 0. The molecule has 0 bridgehead atoms. The Balaban J connectivity index is 1.13. The minimum Gasteiger partial charge on any atom is -0.310 e. The van der Waals surface area contributed by atoms with Crippen LogP contribution in [0.2, 0.25) is 0 Å². The van der Waals surface area contributed by atoms with Gasteiger partial charge in [0.2, 0.25) is 0 Å². The Morgan fingerprint density at radius 3 is 1.55 bits per heavy atom. The molecule has 55 heavy (non-hydrogen) atoms. The number of benzene rings is 8. The predicted molar refractivity (Wildman–Crippen MR) is 216 cm³/mol. The second kappa shape index (κ2) is 13.3. The fraction of sp³-hybridized carbons (Fsp3) is 0.0612. The Labute approximate surface area is 317 Å². The molecule has 8 aromatic rings. The molecule has 0 heterocycles. The molecule has 268 valence electrons. The molecule has 0 atom stereocenters. The highest BCUT2D eigenvalue weighted by Crippen LogP contribution is 2.51. The highest BCUT2D eigenvalue weighted by Gasteiger charge is 2.36. The molecule has 0 aromatic heterocycles. The highest BCUT2D eigenvalue weighted by atomic mass is 19.2. The van der Waals surface area contributed by atoms with Crippen LogP contribution in [0.25, 0.3) is 33.0 Å². The third-order valence-corrected chi connectivity index (χ3v) is 10.7. The summed E-state index contributed by atoms with van der Waals surface area (Å²) in [5.74, 6) is -5.96. The largest absolute Gasteiger partial charge is 0.310 e. The van der Waals surface area contributed by atoms with Crippen LogP contribution in [0.15, 0.2) is 170 Å². The molecule has 1 aliphatic rings. The molecule has 0 radical (unpaired) electrons. The maximum atomic E-state index is 16.4. The molecule has 6 heteroatoms. The number of fused-ring (bicyclic) bond motifs is 4. The van der Waals surface area contributed by atoms with Crippen LogP contribution in [-0.4, -0.2) is 0 Å². The van der Waals surface area contributed by atoms with Crippen LogP contribution in [0.4, 0.5) is 51.7 Å². The van der Waals surface area contributed by atoms with E-state index < -0.39 is 34.5 Å². The maximum Gasteiger partial charge on any atom is 0.186 e. The van der Waals surface area contributed by atoms with Crippen LogP contribution >= 0.6 is 0 Å².